The fourth-order valence-corrected chi connectivity index (χ4v) is 2.87. The molecule has 0 aromatic carbocycles. The minimum Gasteiger partial charge on any atom is -0.353 e. The average Bonchev–Trinajstić information content (AvgIpc) is 2.89. The van der Waals surface area contributed by atoms with Gasteiger partial charge in [0.2, 0.25) is 11.8 Å². The molecule has 1 heterocycles. The first-order valence-corrected chi connectivity index (χ1v) is 7.03. The van der Waals surface area contributed by atoms with Gasteiger partial charge in [-0.2, -0.15) is 0 Å². The highest BCUT2D eigenvalue weighted by Crippen LogP contribution is 2.18. The lowest BCUT2D eigenvalue weighted by Crippen LogP contribution is -2.33. The van der Waals surface area contributed by atoms with Crippen molar-refractivity contribution in [2.24, 2.45) is 0 Å². The molecule has 0 radical (unpaired) electrons. The Morgan fingerprint density at radius 2 is 2.17 bits per heavy atom. The second kappa shape index (κ2) is 5.95. The minimum absolute atomic E-state index is 0.0153. The Morgan fingerprint density at radius 1 is 1.44 bits per heavy atom. The molecule has 6 heteroatoms. The number of carbonyl (C=O) groups excluding carboxylic acids is 2. The van der Waals surface area contributed by atoms with E-state index in [2.05, 4.69) is 15.6 Å². The molecule has 2 rings (SSSR count). The summed E-state index contributed by atoms with van der Waals surface area (Å²) < 4.78 is 0. The molecule has 0 unspecified atom stereocenters. The third kappa shape index (κ3) is 3.80. The first-order valence-electron chi connectivity index (χ1n) is 6.15. The van der Waals surface area contributed by atoms with Crippen molar-refractivity contribution in [1.82, 2.24) is 10.3 Å². The van der Waals surface area contributed by atoms with E-state index in [-0.39, 0.29) is 18.2 Å². The van der Waals surface area contributed by atoms with Crippen LogP contribution in [-0.2, 0) is 16.0 Å². The zero-order valence-corrected chi connectivity index (χ0v) is 11.2. The number of thiazole rings is 1. The van der Waals surface area contributed by atoms with Crippen molar-refractivity contribution in [1.29, 1.82) is 0 Å². The Labute approximate surface area is 110 Å². The van der Waals surface area contributed by atoms with E-state index >= 15 is 0 Å². The van der Waals surface area contributed by atoms with Gasteiger partial charge in [-0.15, -0.1) is 11.3 Å². The van der Waals surface area contributed by atoms with Crippen molar-refractivity contribution in [3.8, 4) is 0 Å². The van der Waals surface area contributed by atoms with Gasteiger partial charge in [-0.1, -0.05) is 12.8 Å². The molecular weight excluding hydrogens is 250 g/mol. The minimum atomic E-state index is -0.147. The van der Waals surface area contributed by atoms with Crippen LogP contribution < -0.4 is 10.6 Å². The molecule has 18 heavy (non-hydrogen) atoms. The smallest absolute Gasteiger partial charge is 0.226 e. The molecule has 0 aliphatic heterocycles. The van der Waals surface area contributed by atoms with Crippen molar-refractivity contribution in [2.75, 3.05) is 5.32 Å². The summed E-state index contributed by atoms with van der Waals surface area (Å²) in [6.45, 7) is 1.44. The number of amides is 2. The van der Waals surface area contributed by atoms with Crippen LogP contribution in [0.4, 0.5) is 5.13 Å². The van der Waals surface area contributed by atoms with Crippen LogP contribution in [0.15, 0.2) is 5.38 Å². The molecule has 2 amide bonds. The number of hydrogen-bond acceptors (Lipinski definition) is 4. The van der Waals surface area contributed by atoms with Crippen LogP contribution in [0.3, 0.4) is 0 Å². The molecule has 2 N–H and O–H groups in total. The van der Waals surface area contributed by atoms with Gasteiger partial charge in [-0.3, -0.25) is 9.59 Å². The predicted molar refractivity (Wildman–Crippen MR) is 70.5 cm³/mol. The number of anilines is 1. The lowest BCUT2D eigenvalue weighted by atomic mass is 10.2. The molecule has 1 aliphatic rings. The van der Waals surface area contributed by atoms with Gasteiger partial charge in [-0.25, -0.2) is 4.98 Å². The standard InChI is InChI=1S/C12H17N3O2S/c1-8(16)13-12-15-10(7-18-12)6-11(17)14-9-4-2-3-5-9/h7,9H,2-6H2,1H3,(H,14,17)(H,13,15,16). The molecule has 98 valence electrons. The van der Waals surface area contributed by atoms with E-state index in [1.807, 2.05) is 0 Å². The Hall–Kier alpha value is -1.43. The topological polar surface area (TPSA) is 71.1 Å². The summed E-state index contributed by atoms with van der Waals surface area (Å²) in [6, 6.07) is 0.339. The van der Waals surface area contributed by atoms with Crippen LogP contribution in [0, 0.1) is 0 Å². The lowest BCUT2D eigenvalue weighted by molar-refractivity contribution is -0.121. The van der Waals surface area contributed by atoms with Crippen molar-refractivity contribution in [3.63, 3.8) is 0 Å². The molecular formula is C12H17N3O2S. The average molecular weight is 267 g/mol. The van der Waals surface area contributed by atoms with Crippen LogP contribution in [0.1, 0.15) is 38.3 Å². The number of aromatic nitrogens is 1. The van der Waals surface area contributed by atoms with Crippen LogP contribution in [0.25, 0.3) is 0 Å². The maximum Gasteiger partial charge on any atom is 0.226 e. The Balaban J connectivity index is 1.82. The highest BCUT2D eigenvalue weighted by atomic mass is 32.1. The summed E-state index contributed by atoms with van der Waals surface area (Å²) in [5, 5.41) is 7.98. The number of hydrogen-bond donors (Lipinski definition) is 2. The number of nitrogens with zero attached hydrogens (tertiary/aromatic N) is 1. The second-order valence-corrected chi connectivity index (χ2v) is 5.41. The molecule has 1 aromatic rings. The Morgan fingerprint density at radius 3 is 2.83 bits per heavy atom. The van der Waals surface area contributed by atoms with Gasteiger partial charge in [0.25, 0.3) is 0 Å². The number of carbonyl (C=O) groups is 2. The van der Waals surface area contributed by atoms with E-state index < -0.39 is 0 Å². The van der Waals surface area contributed by atoms with Gasteiger partial charge in [0, 0.05) is 18.3 Å². The first-order chi connectivity index (χ1) is 8.63. The molecule has 1 aliphatic carbocycles. The summed E-state index contributed by atoms with van der Waals surface area (Å²) >= 11 is 1.34. The monoisotopic (exact) mass is 267 g/mol. The number of rotatable bonds is 4. The van der Waals surface area contributed by atoms with Gasteiger partial charge in [0.1, 0.15) is 0 Å². The van der Waals surface area contributed by atoms with Gasteiger partial charge < -0.3 is 10.6 Å². The van der Waals surface area contributed by atoms with Gasteiger partial charge >= 0.3 is 0 Å². The summed E-state index contributed by atoms with van der Waals surface area (Å²) in [4.78, 5) is 26.8. The van der Waals surface area contributed by atoms with Crippen LogP contribution >= 0.6 is 11.3 Å². The quantitative estimate of drug-likeness (QED) is 0.872. The molecule has 1 aromatic heterocycles. The van der Waals surface area contributed by atoms with Crippen LogP contribution in [0.2, 0.25) is 0 Å². The maximum atomic E-state index is 11.8. The zero-order valence-electron chi connectivity index (χ0n) is 10.4. The largest absolute Gasteiger partial charge is 0.353 e. The molecule has 0 atom stereocenters. The van der Waals surface area contributed by atoms with E-state index in [0.717, 1.165) is 12.8 Å². The summed E-state index contributed by atoms with van der Waals surface area (Å²) in [7, 11) is 0. The van der Waals surface area contributed by atoms with E-state index in [9.17, 15) is 9.59 Å². The fraction of sp³-hybridized carbons (Fsp3) is 0.583. The van der Waals surface area contributed by atoms with Crippen LogP contribution in [-0.4, -0.2) is 22.8 Å². The highest BCUT2D eigenvalue weighted by Gasteiger charge is 2.17. The Bertz CT molecular complexity index is 438. The third-order valence-electron chi connectivity index (χ3n) is 2.90. The first kappa shape index (κ1) is 13.0. The van der Waals surface area contributed by atoms with Crippen molar-refractivity contribution < 1.29 is 9.59 Å². The summed E-state index contributed by atoms with van der Waals surface area (Å²) in [5.74, 6) is -0.132. The molecule has 5 nitrogen and oxygen atoms in total. The molecule has 0 bridgehead atoms. The molecule has 1 fully saturated rings. The van der Waals surface area contributed by atoms with Gasteiger partial charge in [0.05, 0.1) is 12.1 Å². The summed E-state index contributed by atoms with van der Waals surface area (Å²) in [5.41, 5.74) is 0.708. The Kier molecular flexibility index (Phi) is 4.30. The fourth-order valence-electron chi connectivity index (χ4n) is 2.11. The highest BCUT2D eigenvalue weighted by molar-refractivity contribution is 7.13. The van der Waals surface area contributed by atoms with Crippen molar-refractivity contribution in [3.05, 3.63) is 11.1 Å². The predicted octanol–water partition coefficient (Wildman–Crippen LogP) is 1.70. The summed E-state index contributed by atoms with van der Waals surface area (Å²) in [6.07, 6.45) is 4.86. The lowest BCUT2D eigenvalue weighted by Gasteiger charge is -2.10. The van der Waals surface area contributed by atoms with E-state index in [4.69, 9.17) is 0 Å². The van der Waals surface area contributed by atoms with E-state index in [0.29, 0.717) is 16.9 Å². The van der Waals surface area contributed by atoms with E-state index in [1.54, 1.807) is 5.38 Å². The van der Waals surface area contributed by atoms with Crippen molar-refractivity contribution >= 4 is 28.3 Å². The van der Waals surface area contributed by atoms with Crippen LogP contribution in [0.5, 0.6) is 0 Å². The zero-order chi connectivity index (χ0) is 13.0. The van der Waals surface area contributed by atoms with E-state index in [1.165, 1.54) is 31.1 Å². The second-order valence-electron chi connectivity index (χ2n) is 4.55. The third-order valence-corrected chi connectivity index (χ3v) is 3.70. The number of nitrogens with one attached hydrogen (secondary N) is 2. The normalized spacial score (nSPS) is 15.6. The maximum absolute atomic E-state index is 11.8. The van der Waals surface area contributed by atoms with Gasteiger partial charge in [-0.05, 0) is 12.8 Å². The SMILES string of the molecule is CC(=O)Nc1nc(CC(=O)NC2CCCC2)cs1. The molecule has 0 saturated heterocycles. The van der Waals surface area contributed by atoms with Gasteiger partial charge in [0.15, 0.2) is 5.13 Å². The molecule has 1 saturated carbocycles. The van der Waals surface area contributed by atoms with Crippen molar-refractivity contribution in [2.45, 2.75) is 45.1 Å². The molecule has 0 spiro atoms.